The molecule has 2 rings (SSSR count). The lowest BCUT2D eigenvalue weighted by Crippen LogP contribution is -2.39. The average Bonchev–Trinajstić information content (AvgIpc) is 2.99. The number of nitrogens with zero attached hydrogens (tertiary/aromatic N) is 1. The van der Waals surface area contributed by atoms with Crippen LogP contribution in [0.5, 0.6) is 0 Å². The van der Waals surface area contributed by atoms with Crippen molar-refractivity contribution in [3.8, 4) is 11.3 Å². The second-order valence-corrected chi connectivity index (χ2v) is 5.79. The molecule has 0 aliphatic heterocycles. The smallest absolute Gasteiger partial charge is 0.253 e. The van der Waals surface area contributed by atoms with E-state index in [-0.39, 0.29) is 36.8 Å². The van der Waals surface area contributed by atoms with Gasteiger partial charge in [-0.25, -0.2) is 0 Å². The number of aromatic nitrogens is 1. The minimum Gasteiger partial charge on any atom is -0.350 e. The second kappa shape index (κ2) is 10.6. The number of nitrogens with one attached hydrogen (secondary N) is 2. The zero-order chi connectivity index (χ0) is 15.2. The first kappa shape index (κ1) is 21.9. The van der Waals surface area contributed by atoms with Gasteiger partial charge in [0.2, 0.25) is 0 Å². The Labute approximate surface area is 153 Å². The van der Waals surface area contributed by atoms with Crippen LogP contribution in [0.1, 0.15) is 29.9 Å². The number of hydrogen-bond acceptors (Lipinski definition) is 4. The molecule has 7 heteroatoms. The van der Waals surface area contributed by atoms with Crippen LogP contribution in [0.15, 0.2) is 29.0 Å². The van der Waals surface area contributed by atoms with E-state index in [1.165, 1.54) is 0 Å². The van der Waals surface area contributed by atoms with E-state index in [9.17, 15) is 4.79 Å². The average molecular weight is 376 g/mol. The van der Waals surface area contributed by atoms with E-state index in [1.54, 1.807) is 11.3 Å². The van der Waals surface area contributed by atoms with Gasteiger partial charge in [-0.15, -0.1) is 24.8 Å². The van der Waals surface area contributed by atoms with Crippen LogP contribution in [0.2, 0.25) is 0 Å². The molecule has 128 valence electrons. The van der Waals surface area contributed by atoms with Crippen LogP contribution in [0.4, 0.5) is 0 Å². The quantitative estimate of drug-likeness (QED) is 0.809. The van der Waals surface area contributed by atoms with Gasteiger partial charge in [0.1, 0.15) is 0 Å². The maximum atomic E-state index is 12.2. The first-order valence-electron chi connectivity index (χ1n) is 7.13. The molecular formula is C16H23Cl2N3OS. The van der Waals surface area contributed by atoms with Gasteiger partial charge in [0.05, 0.1) is 17.0 Å². The fourth-order valence-corrected chi connectivity index (χ4v) is 2.78. The van der Waals surface area contributed by atoms with Crippen molar-refractivity contribution in [3.63, 3.8) is 0 Å². The zero-order valence-corrected chi connectivity index (χ0v) is 15.9. The third kappa shape index (κ3) is 6.11. The molecule has 0 saturated carbocycles. The predicted molar refractivity (Wildman–Crippen MR) is 102 cm³/mol. The van der Waals surface area contributed by atoms with E-state index >= 15 is 0 Å². The first-order valence-corrected chi connectivity index (χ1v) is 8.08. The lowest BCUT2D eigenvalue weighted by molar-refractivity contribution is 0.0949. The van der Waals surface area contributed by atoms with Gasteiger partial charge in [0.15, 0.2) is 0 Å². The molecule has 0 aliphatic carbocycles. The number of pyridine rings is 1. The number of hydrogen-bond donors (Lipinski definition) is 2. The number of thiophene rings is 1. The molecule has 4 nitrogen and oxygen atoms in total. The van der Waals surface area contributed by atoms with Crippen molar-refractivity contribution in [2.24, 2.45) is 0 Å². The summed E-state index contributed by atoms with van der Waals surface area (Å²) in [6.45, 7) is 7.48. The Kier molecular flexibility index (Phi) is 10.1. The molecule has 2 N–H and O–H groups in total. The Morgan fingerprint density at radius 2 is 2.04 bits per heavy atom. The molecule has 0 radical (unpaired) electrons. The largest absolute Gasteiger partial charge is 0.350 e. The Morgan fingerprint density at radius 3 is 2.61 bits per heavy atom. The molecule has 0 unspecified atom stereocenters. The number of rotatable bonds is 6. The molecule has 0 aromatic carbocycles. The molecule has 23 heavy (non-hydrogen) atoms. The highest BCUT2D eigenvalue weighted by Crippen LogP contribution is 2.21. The van der Waals surface area contributed by atoms with E-state index in [2.05, 4.69) is 34.8 Å². The molecule has 0 fully saturated rings. The van der Waals surface area contributed by atoms with Gasteiger partial charge in [-0.1, -0.05) is 6.92 Å². The molecule has 2 aromatic heterocycles. The summed E-state index contributed by atoms with van der Waals surface area (Å²) in [4.78, 5) is 16.7. The van der Waals surface area contributed by atoms with Crippen LogP contribution in [-0.4, -0.2) is 30.0 Å². The molecule has 0 bridgehead atoms. The molecule has 0 saturated heterocycles. The third-order valence-corrected chi connectivity index (χ3v) is 3.95. The molecule has 1 atom stereocenters. The van der Waals surface area contributed by atoms with Gasteiger partial charge in [0, 0.05) is 23.5 Å². The van der Waals surface area contributed by atoms with E-state index < -0.39 is 0 Å². The minimum atomic E-state index is -0.0679. The summed E-state index contributed by atoms with van der Waals surface area (Å²) in [6, 6.07) is 6.04. The van der Waals surface area contributed by atoms with Gasteiger partial charge in [-0.2, -0.15) is 11.3 Å². The number of carbonyl (C=O) groups is 1. The van der Waals surface area contributed by atoms with Gasteiger partial charge in [0.25, 0.3) is 5.91 Å². The van der Waals surface area contributed by atoms with Gasteiger partial charge < -0.3 is 10.6 Å². The van der Waals surface area contributed by atoms with Crippen molar-refractivity contribution < 1.29 is 4.79 Å². The molecule has 2 aromatic rings. The predicted octanol–water partition coefficient (Wildman–Crippen LogP) is 3.69. The summed E-state index contributed by atoms with van der Waals surface area (Å²) >= 11 is 1.64. The van der Waals surface area contributed by atoms with E-state index in [0.29, 0.717) is 12.1 Å². The van der Waals surface area contributed by atoms with E-state index in [4.69, 9.17) is 0 Å². The number of likely N-dealkylation sites (N-methyl/N-ethyl adjacent to an activating group) is 1. The summed E-state index contributed by atoms with van der Waals surface area (Å²) in [7, 11) is 0. The summed E-state index contributed by atoms with van der Waals surface area (Å²) in [6.07, 6.45) is 0. The maximum absolute atomic E-state index is 12.2. The number of amides is 1. The summed E-state index contributed by atoms with van der Waals surface area (Å²) in [5.74, 6) is -0.0679. The standard InChI is InChI=1S/C16H21N3OS.2ClH/c1-4-17-11(2)9-18-16(20)14-5-6-15(19-12(14)3)13-7-8-21-10-13;;/h5-8,10-11,17H,4,9H2,1-3H3,(H,18,20);2*1H/t11-;;/m1../s1. The normalized spacial score (nSPS) is 11.1. The Balaban J connectivity index is 0.00000242. The Morgan fingerprint density at radius 1 is 1.30 bits per heavy atom. The van der Waals surface area contributed by atoms with E-state index in [0.717, 1.165) is 23.5 Å². The molecule has 0 aliphatic rings. The van der Waals surface area contributed by atoms with Gasteiger partial charge in [-0.3, -0.25) is 9.78 Å². The lowest BCUT2D eigenvalue weighted by Gasteiger charge is -2.14. The fourth-order valence-electron chi connectivity index (χ4n) is 2.13. The first-order chi connectivity index (χ1) is 10.1. The number of halogens is 2. The fraction of sp³-hybridized carbons (Fsp3) is 0.375. The highest BCUT2D eigenvalue weighted by Gasteiger charge is 2.12. The van der Waals surface area contributed by atoms with Crippen molar-refractivity contribution in [3.05, 3.63) is 40.2 Å². The maximum Gasteiger partial charge on any atom is 0.253 e. The zero-order valence-electron chi connectivity index (χ0n) is 13.5. The highest BCUT2D eigenvalue weighted by molar-refractivity contribution is 7.08. The van der Waals surface area contributed by atoms with Crippen LogP contribution >= 0.6 is 36.2 Å². The number of aryl methyl sites for hydroxylation is 1. The Hall–Kier alpha value is -1.14. The van der Waals surface area contributed by atoms with Crippen molar-refractivity contribution >= 4 is 42.1 Å². The van der Waals surface area contributed by atoms with Gasteiger partial charge in [-0.05, 0) is 44.0 Å². The third-order valence-electron chi connectivity index (χ3n) is 3.27. The molecule has 1 amide bonds. The van der Waals surface area contributed by atoms with Crippen LogP contribution in [-0.2, 0) is 0 Å². The monoisotopic (exact) mass is 375 g/mol. The molecular weight excluding hydrogens is 353 g/mol. The second-order valence-electron chi connectivity index (χ2n) is 5.01. The minimum absolute atomic E-state index is 0. The summed E-state index contributed by atoms with van der Waals surface area (Å²) in [5, 5.41) is 10.3. The summed E-state index contributed by atoms with van der Waals surface area (Å²) in [5.41, 5.74) is 3.40. The van der Waals surface area contributed by atoms with Crippen molar-refractivity contribution in [1.29, 1.82) is 0 Å². The van der Waals surface area contributed by atoms with Crippen LogP contribution in [0.25, 0.3) is 11.3 Å². The molecule has 0 spiro atoms. The topological polar surface area (TPSA) is 54.0 Å². The van der Waals surface area contributed by atoms with Crippen molar-refractivity contribution in [2.45, 2.75) is 26.8 Å². The van der Waals surface area contributed by atoms with E-state index in [1.807, 2.05) is 30.5 Å². The van der Waals surface area contributed by atoms with Crippen LogP contribution in [0, 0.1) is 6.92 Å². The summed E-state index contributed by atoms with van der Waals surface area (Å²) < 4.78 is 0. The van der Waals surface area contributed by atoms with Crippen LogP contribution < -0.4 is 10.6 Å². The van der Waals surface area contributed by atoms with Crippen LogP contribution in [0.3, 0.4) is 0 Å². The molecule has 2 heterocycles. The van der Waals surface area contributed by atoms with Gasteiger partial charge >= 0.3 is 0 Å². The lowest BCUT2D eigenvalue weighted by atomic mass is 10.1. The van der Waals surface area contributed by atoms with Crippen molar-refractivity contribution in [2.75, 3.05) is 13.1 Å². The SMILES string of the molecule is CCN[C@H](C)CNC(=O)c1ccc(-c2ccsc2)nc1C.Cl.Cl. The number of carbonyl (C=O) groups excluding carboxylic acids is 1. The highest BCUT2D eigenvalue weighted by atomic mass is 35.5. The van der Waals surface area contributed by atoms with Crippen molar-refractivity contribution in [1.82, 2.24) is 15.6 Å². The Bertz CT molecular complexity index is 605.